The van der Waals surface area contributed by atoms with Gasteiger partial charge in [-0.25, -0.2) is 4.98 Å². The fraction of sp³-hybridized carbons (Fsp3) is 0.0909. The van der Waals surface area contributed by atoms with E-state index < -0.39 is 0 Å². The highest BCUT2D eigenvalue weighted by molar-refractivity contribution is 9.10. The maximum Gasteiger partial charge on any atom is 0.163 e. The van der Waals surface area contributed by atoms with Gasteiger partial charge in [0.05, 0.1) is 11.3 Å². The van der Waals surface area contributed by atoms with Crippen LogP contribution in [0.2, 0.25) is 0 Å². The Morgan fingerprint density at radius 2 is 2.00 bits per heavy atom. The van der Waals surface area contributed by atoms with E-state index in [-0.39, 0.29) is 5.78 Å². The van der Waals surface area contributed by atoms with E-state index in [9.17, 15) is 4.79 Å². The van der Waals surface area contributed by atoms with Crippen molar-refractivity contribution in [2.75, 3.05) is 0 Å². The molecule has 70 valence electrons. The van der Waals surface area contributed by atoms with Gasteiger partial charge in [0.25, 0.3) is 0 Å². The molecule has 2 aliphatic rings. The third-order valence-corrected chi connectivity index (χ3v) is 2.64. The van der Waals surface area contributed by atoms with Gasteiger partial charge < -0.3 is 0 Å². The second-order valence-electron chi connectivity index (χ2n) is 3.04. The van der Waals surface area contributed by atoms with E-state index in [2.05, 4.69) is 20.9 Å². The zero-order chi connectivity index (χ0) is 10.1. The monoisotopic (exact) mass is 249 g/mol. The number of fused-ring (bicyclic) bond motifs is 1. The summed E-state index contributed by atoms with van der Waals surface area (Å²) >= 11 is 3.29. The van der Waals surface area contributed by atoms with E-state index in [1.54, 1.807) is 6.92 Å². The highest BCUT2D eigenvalue weighted by atomic mass is 79.9. The molecular weight excluding hydrogens is 242 g/mol. The zero-order valence-electron chi connectivity index (χ0n) is 7.62. The average Bonchev–Trinajstić information content (AvgIpc) is 2.31. The van der Waals surface area contributed by atoms with Crippen molar-refractivity contribution in [1.29, 1.82) is 0 Å². The fourth-order valence-corrected chi connectivity index (χ4v) is 2.14. The molecule has 0 N–H and O–H groups in total. The van der Waals surface area contributed by atoms with Crippen molar-refractivity contribution in [3.05, 3.63) is 40.5 Å². The predicted molar refractivity (Wildman–Crippen MR) is 58.6 cm³/mol. The molecule has 0 saturated carbocycles. The minimum atomic E-state index is 0.0329. The molecule has 0 aromatic rings. The molecule has 3 heteroatoms. The Bertz CT molecular complexity index is 467. The number of rotatable bonds is 1. The Balaban J connectivity index is 2.77. The first-order chi connectivity index (χ1) is 6.70. The summed E-state index contributed by atoms with van der Waals surface area (Å²) in [4.78, 5) is 15.6. The van der Waals surface area contributed by atoms with E-state index in [0.29, 0.717) is 10.2 Å². The van der Waals surface area contributed by atoms with Gasteiger partial charge in [-0.15, -0.1) is 0 Å². The van der Waals surface area contributed by atoms with Crippen molar-refractivity contribution >= 4 is 21.7 Å². The van der Waals surface area contributed by atoms with Gasteiger partial charge in [0, 0.05) is 5.56 Å². The van der Waals surface area contributed by atoms with Gasteiger partial charge in [-0.05, 0) is 28.9 Å². The van der Waals surface area contributed by atoms with Crippen LogP contribution in [-0.2, 0) is 0 Å². The molecule has 0 radical (unpaired) electrons. The van der Waals surface area contributed by atoms with Gasteiger partial charge in [0.2, 0.25) is 0 Å². The number of aromatic nitrogens is 1. The van der Waals surface area contributed by atoms with Crippen molar-refractivity contribution in [2.45, 2.75) is 6.92 Å². The number of nitrogens with zero attached hydrogens (tertiary/aromatic N) is 1. The highest BCUT2D eigenvalue weighted by Gasteiger charge is 2.17. The Hall–Kier alpha value is -1.22. The first kappa shape index (κ1) is 9.34. The van der Waals surface area contributed by atoms with Crippen LogP contribution >= 0.6 is 15.9 Å². The number of ketones is 1. The lowest BCUT2D eigenvalue weighted by atomic mass is 10.1. The van der Waals surface area contributed by atoms with E-state index in [1.165, 1.54) is 0 Å². The van der Waals surface area contributed by atoms with E-state index in [1.807, 2.05) is 30.3 Å². The van der Waals surface area contributed by atoms with Gasteiger partial charge in [-0.3, -0.25) is 4.79 Å². The maximum atomic E-state index is 11.4. The first-order valence-electron chi connectivity index (χ1n) is 4.25. The molecule has 0 aromatic heterocycles. The summed E-state index contributed by atoms with van der Waals surface area (Å²) in [6.07, 6.45) is 0. The van der Waals surface area contributed by atoms with Crippen LogP contribution in [0, 0.1) is 0 Å². The highest BCUT2D eigenvalue weighted by Crippen LogP contribution is 2.31. The topological polar surface area (TPSA) is 30.0 Å². The molecule has 2 nitrogen and oxygen atoms in total. The molecule has 1 aliphatic carbocycles. The van der Waals surface area contributed by atoms with Crippen LogP contribution in [0.3, 0.4) is 0 Å². The molecule has 1 aliphatic heterocycles. The lowest BCUT2D eigenvalue weighted by Gasteiger charge is -1.93. The molecule has 0 spiro atoms. The maximum absolute atomic E-state index is 11.4. The van der Waals surface area contributed by atoms with Crippen LogP contribution in [-0.4, -0.2) is 10.8 Å². The molecule has 2 rings (SSSR count). The lowest BCUT2D eigenvalue weighted by molar-refractivity contribution is 0.101. The van der Waals surface area contributed by atoms with Crippen LogP contribution < -0.4 is 0 Å². The first-order valence-corrected chi connectivity index (χ1v) is 5.04. The van der Waals surface area contributed by atoms with Crippen LogP contribution in [0.15, 0.2) is 34.9 Å². The van der Waals surface area contributed by atoms with Gasteiger partial charge in [0.15, 0.2) is 5.78 Å². The normalized spacial score (nSPS) is 10.4. The number of hydrogen-bond acceptors (Lipinski definition) is 2. The number of carbonyl (C=O) groups excluding carboxylic acids is 1. The molecule has 0 saturated heterocycles. The predicted octanol–water partition coefficient (Wildman–Crippen LogP) is 3.15. The molecule has 0 atom stereocenters. The molecule has 0 aromatic carbocycles. The quantitative estimate of drug-likeness (QED) is 0.727. The third kappa shape index (κ3) is 1.44. The van der Waals surface area contributed by atoms with Gasteiger partial charge >= 0.3 is 0 Å². The summed E-state index contributed by atoms with van der Waals surface area (Å²) in [6.45, 7) is 1.55. The standard InChI is InChI=1S/C11H8BrNO/c1-7(14)10-8-5-3-2-4-6-9(8)13-11(10)12/h2-6H,1H3. The van der Waals surface area contributed by atoms with Crippen molar-refractivity contribution in [3.63, 3.8) is 0 Å². The number of carbonyl (C=O) groups is 1. The van der Waals surface area contributed by atoms with E-state index in [0.717, 1.165) is 11.3 Å². The Morgan fingerprint density at radius 3 is 2.71 bits per heavy atom. The molecule has 0 amide bonds. The van der Waals surface area contributed by atoms with Crippen LogP contribution in [0.25, 0.3) is 11.3 Å². The molecule has 0 unspecified atom stereocenters. The van der Waals surface area contributed by atoms with Crippen molar-refractivity contribution in [1.82, 2.24) is 4.98 Å². The van der Waals surface area contributed by atoms with Gasteiger partial charge in [0.1, 0.15) is 4.60 Å². The smallest absolute Gasteiger partial charge is 0.163 e. The molecule has 14 heavy (non-hydrogen) atoms. The lowest BCUT2D eigenvalue weighted by Crippen LogP contribution is -1.91. The summed E-state index contributed by atoms with van der Waals surface area (Å²) < 4.78 is 0.631. The minimum Gasteiger partial charge on any atom is -0.294 e. The third-order valence-electron chi connectivity index (χ3n) is 2.06. The van der Waals surface area contributed by atoms with E-state index in [4.69, 9.17) is 0 Å². The van der Waals surface area contributed by atoms with Gasteiger partial charge in [-0.2, -0.15) is 0 Å². The Labute approximate surface area is 90.4 Å². The Morgan fingerprint density at radius 1 is 1.29 bits per heavy atom. The van der Waals surface area contributed by atoms with E-state index >= 15 is 0 Å². The largest absolute Gasteiger partial charge is 0.294 e. The van der Waals surface area contributed by atoms with Crippen LogP contribution in [0.4, 0.5) is 0 Å². The van der Waals surface area contributed by atoms with Gasteiger partial charge in [-0.1, -0.05) is 24.3 Å². The molecule has 1 heterocycles. The second-order valence-corrected chi connectivity index (χ2v) is 3.79. The SMILES string of the molecule is CC(=O)c1c2cccccc-2nc1Br. The molecular formula is C11H8BrNO. The number of hydrogen-bond donors (Lipinski definition) is 0. The summed E-state index contributed by atoms with van der Waals surface area (Å²) in [5, 5.41) is 0. The van der Waals surface area contributed by atoms with Crippen molar-refractivity contribution < 1.29 is 4.79 Å². The zero-order valence-corrected chi connectivity index (χ0v) is 9.21. The summed E-state index contributed by atoms with van der Waals surface area (Å²) in [5.74, 6) is 0.0329. The summed E-state index contributed by atoms with van der Waals surface area (Å²) in [5.41, 5.74) is 2.40. The van der Waals surface area contributed by atoms with Crippen molar-refractivity contribution in [3.8, 4) is 11.3 Å². The fourth-order valence-electron chi connectivity index (χ4n) is 1.45. The van der Waals surface area contributed by atoms with Crippen molar-refractivity contribution in [2.24, 2.45) is 0 Å². The van der Waals surface area contributed by atoms with Crippen LogP contribution in [0.5, 0.6) is 0 Å². The molecule has 0 fully saturated rings. The number of Topliss-reactive ketones (excluding diaryl/α,β-unsaturated/α-hetero) is 1. The van der Waals surface area contributed by atoms with Crippen LogP contribution in [0.1, 0.15) is 17.3 Å². The Kier molecular flexibility index (Phi) is 2.33. The average molecular weight is 250 g/mol. The molecule has 0 bridgehead atoms. The second kappa shape index (κ2) is 3.50. The summed E-state index contributed by atoms with van der Waals surface area (Å²) in [7, 11) is 0. The number of halogens is 1. The minimum absolute atomic E-state index is 0.0329. The summed E-state index contributed by atoms with van der Waals surface area (Å²) in [6, 6.07) is 9.53.